The zero-order valence-electron chi connectivity index (χ0n) is 17.3. The van der Waals surface area contributed by atoms with E-state index in [-0.39, 0.29) is 5.92 Å². The van der Waals surface area contributed by atoms with Crippen LogP contribution >= 0.6 is 11.3 Å². The van der Waals surface area contributed by atoms with Crippen LogP contribution in [0.25, 0.3) is 22.0 Å². The summed E-state index contributed by atoms with van der Waals surface area (Å²) in [4.78, 5) is 9.54. The van der Waals surface area contributed by atoms with Gasteiger partial charge in [0.05, 0.1) is 11.4 Å². The van der Waals surface area contributed by atoms with Crippen molar-refractivity contribution < 1.29 is 4.42 Å². The fourth-order valence-electron chi connectivity index (χ4n) is 3.49. The van der Waals surface area contributed by atoms with Crippen molar-refractivity contribution >= 4 is 11.3 Å². The van der Waals surface area contributed by atoms with E-state index in [1.807, 2.05) is 37.3 Å². The first kappa shape index (κ1) is 19.6. The van der Waals surface area contributed by atoms with Gasteiger partial charge in [0, 0.05) is 22.4 Å². The van der Waals surface area contributed by atoms with Crippen LogP contribution in [-0.2, 0) is 6.42 Å². The second kappa shape index (κ2) is 8.34. The molecule has 2 aromatic carbocycles. The molecule has 1 unspecified atom stereocenters. The molecule has 0 aliphatic rings. The van der Waals surface area contributed by atoms with Gasteiger partial charge in [-0.05, 0) is 37.0 Å². The number of nitrogens with zero attached hydrogens (tertiary/aromatic N) is 2. The van der Waals surface area contributed by atoms with Gasteiger partial charge in [-0.15, -0.1) is 11.3 Å². The molecular weight excluding hydrogens is 376 g/mol. The summed E-state index contributed by atoms with van der Waals surface area (Å²) in [6, 6.07) is 18.8. The number of aromatic nitrogens is 2. The zero-order valence-corrected chi connectivity index (χ0v) is 18.2. The molecule has 0 aliphatic heterocycles. The minimum absolute atomic E-state index is 0.287. The van der Waals surface area contributed by atoms with E-state index in [9.17, 15) is 0 Å². The second-order valence-electron chi connectivity index (χ2n) is 7.86. The van der Waals surface area contributed by atoms with Crippen molar-refractivity contribution in [2.24, 2.45) is 0 Å². The number of aryl methyl sites for hydroxylation is 1. The quantitative estimate of drug-likeness (QED) is 0.341. The molecule has 0 bridgehead atoms. The first-order valence-electron chi connectivity index (χ1n) is 10.1. The van der Waals surface area contributed by atoms with Crippen LogP contribution in [0.3, 0.4) is 0 Å². The molecule has 0 saturated heterocycles. The molecule has 0 fully saturated rings. The molecule has 0 spiro atoms. The fraction of sp³-hybridized carbons (Fsp3) is 0.280. The molecule has 2 aromatic heterocycles. The normalized spacial score (nSPS) is 12.4. The van der Waals surface area contributed by atoms with E-state index < -0.39 is 0 Å². The molecule has 0 radical (unpaired) electrons. The van der Waals surface area contributed by atoms with Gasteiger partial charge >= 0.3 is 0 Å². The van der Waals surface area contributed by atoms with Crippen molar-refractivity contribution in [3.8, 4) is 22.0 Å². The van der Waals surface area contributed by atoms with Gasteiger partial charge in [0.25, 0.3) is 0 Å². The number of hydrogen-bond acceptors (Lipinski definition) is 4. The first-order valence-corrected chi connectivity index (χ1v) is 11.0. The summed E-state index contributed by atoms with van der Waals surface area (Å²) in [6.45, 7) is 8.57. The highest BCUT2D eigenvalue weighted by atomic mass is 32.1. The SMILES string of the molecule is Cc1oc(-c2ccccc2)nc1C(C)Cc1ccc(-c2nc(C(C)C)cs2)cc1. The average molecular weight is 403 g/mol. The zero-order chi connectivity index (χ0) is 20.4. The number of rotatable bonds is 6. The summed E-state index contributed by atoms with van der Waals surface area (Å²) < 4.78 is 5.94. The van der Waals surface area contributed by atoms with Crippen LogP contribution in [0, 0.1) is 6.92 Å². The summed E-state index contributed by atoms with van der Waals surface area (Å²) in [5.41, 5.74) is 5.70. The molecule has 3 nitrogen and oxygen atoms in total. The number of benzene rings is 2. The van der Waals surface area contributed by atoms with Crippen LogP contribution in [0.15, 0.2) is 64.4 Å². The maximum absolute atomic E-state index is 5.94. The maximum atomic E-state index is 5.94. The van der Waals surface area contributed by atoms with Gasteiger partial charge in [0.15, 0.2) is 0 Å². The van der Waals surface area contributed by atoms with Crippen LogP contribution in [-0.4, -0.2) is 9.97 Å². The molecule has 0 saturated carbocycles. The minimum atomic E-state index is 0.287. The number of thiazole rings is 1. The topological polar surface area (TPSA) is 38.9 Å². The van der Waals surface area contributed by atoms with E-state index in [0.29, 0.717) is 11.8 Å². The third-order valence-electron chi connectivity index (χ3n) is 5.18. The van der Waals surface area contributed by atoms with E-state index in [1.54, 1.807) is 11.3 Å². The van der Waals surface area contributed by atoms with Gasteiger partial charge in [-0.3, -0.25) is 0 Å². The Morgan fingerprint density at radius 2 is 1.62 bits per heavy atom. The summed E-state index contributed by atoms with van der Waals surface area (Å²) in [6.07, 6.45) is 0.928. The number of oxazole rings is 1. The summed E-state index contributed by atoms with van der Waals surface area (Å²) in [5, 5.41) is 3.25. The summed E-state index contributed by atoms with van der Waals surface area (Å²) in [7, 11) is 0. The smallest absolute Gasteiger partial charge is 0.226 e. The van der Waals surface area contributed by atoms with E-state index >= 15 is 0 Å². The molecule has 148 valence electrons. The molecule has 1 atom stereocenters. The predicted molar refractivity (Wildman–Crippen MR) is 120 cm³/mol. The predicted octanol–water partition coefficient (Wildman–Crippen LogP) is 7.24. The van der Waals surface area contributed by atoms with Gasteiger partial charge in [-0.1, -0.05) is 63.2 Å². The molecule has 0 amide bonds. The minimum Gasteiger partial charge on any atom is -0.441 e. The van der Waals surface area contributed by atoms with Gasteiger partial charge in [0.1, 0.15) is 10.8 Å². The summed E-state index contributed by atoms with van der Waals surface area (Å²) in [5.74, 6) is 2.35. The highest BCUT2D eigenvalue weighted by Gasteiger charge is 2.17. The lowest BCUT2D eigenvalue weighted by atomic mass is 9.96. The molecule has 4 heteroatoms. The third-order valence-corrected chi connectivity index (χ3v) is 6.09. The largest absolute Gasteiger partial charge is 0.441 e. The first-order chi connectivity index (χ1) is 14.0. The van der Waals surface area contributed by atoms with Crippen LogP contribution in [0.5, 0.6) is 0 Å². The van der Waals surface area contributed by atoms with Crippen molar-refractivity contribution in [3.05, 3.63) is 82.7 Å². The van der Waals surface area contributed by atoms with Crippen LogP contribution in [0.1, 0.15) is 55.3 Å². The molecule has 4 aromatic rings. The van der Waals surface area contributed by atoms with E-state index in [0.717, 1.165) is 28.4 Å². The van der Waals surface area contributed by atoms with E-state index in [2.05, 4.69) is 50.4 Å². The standard InChI is InChI=1S/C25H26N2OS/c1-16(2)22-15-29-25(26-22)21-12-10-19(11-13-21)14-17(3)23-18(4)28-24(27-23)20-8-6-5-7-9-20/h5-13,15-17H,14H2,1-4H3. The third kappa shape index (κ3) is 4.33. The Kier molecular flexibility index (Phi) is 5.63. The Bertz CT molecular complexity index is 1080. The summed E-state index contributed by atoms with van der Waals surface area (Å²) >= 11 is 1.72. The second-order valence-corrected chi connectivity index (χ2v) is 8.72. The van der Waals surface area contributed by atoms with Gasteiger partial charge in [-0.2, -0.15) is 0 Å². The Morgan fingerprint density at radius 1 is 0.897 bits per heavy atom. The molecule has 0 N–H and O–H groups in total. The Balaban J connectivity index is 1.48. The van der Waals surface area contributed by atoms with Crippen LogP contribution < -0.4 is 0 Å². The Hall–Kier alpha value is -2.72. The average Bonchev–Trinajstić information content (AvgIpc) is 3.37. The fourth-order valence-corrected chi connectivity index (χ4v) is 4.47. The molecule has 4 rings (SSSR count). The lowest BCUT2D eigenvalue weighted by Gasteiger charge is -2.10. The van der Waals surface area contributed by atoms with Crippen molar-refractivity contribution in [2.75, 3.05) is 0 Å². The molecule has 29 heavy (non-hydrogen) atoms. The number of hydrogen-bond donors (Lipinski definition) is 0. The molecule has 2 heterocycles. The lowest BCUT2D eigenvalue weighted by molar-refractivity contribution is 0.535. The van der Waals surface area contributed by atoms with Gasteiger partial charge in [0.2, 0.25) is 5.89 Å². The van der Waals surface area contributed by atoms with Gasteiger partial charge in [-0.25, -0.2) is 9.97 Å². The van der Waals surface area contributed by atoms with Crippen LogP contribution in [0.4, 0.5) is 0 Å². The Labute approximate surface area is 176 Å². The highest BCUT2D eigenvalue weighted by molar-refractivity contribution is 7.13. The highest BCUT2D eigenvalue weighted by Crippen LogP contribution is 2.30. The van der Waals surface area contributed by atoms with Gasteiger partial charge < -0.3 is 4.42 Å². The van der Waals surface area contributed by atoms with Crippen molar-refractivity contribution in [1.82, 2.24) is 9.97 Å². The molecule has 0 aliphatic carbocycles. The van der Waals surface area contributed by atoms with E-state index in [4.69, 9.17) is 14.4 Å². The lowest BCUT2D eigenvalue weighted by Crippen LogP contribution is -2.00. The van der Waals surface area contributed by atoms with Crippen molar-refractivity contribution in [1.29, 1.82) is 0 Å². The molecular formula is C25H26N2OS. The monoisotopic (exact) mass is 402 g/mol. The van der Waals surface area contributed by atoms with Crippen LogP contribution in [0.2, 0.25) is 0 Å². The van der Waals surface area contributed by atoms with Crippen molar-refractivity contribution in [2.45, 2.75) is 46.0 Å². The Morgan fingerprint density at radius 3 is 2.28 bits per heavy atom. The van der Waals surface area contributed by atoms with Crippen molar-refractivity contribution in [3.63, 3.8) is 0 Å². The van der Waals surface area contributed by atoms with E-state index in [1.165, 1.54) is 16.8 Å². The maximum Gasteiger partial charge on any atom is 0.226 e.